The molecule has 1 aromatic heterocycles. The fourth-order valence-electron chi connectivity index (χ4n) is 3.65. The Bertz CT molecular complexity index is 1350. The van der Waals surface area contributed by atoms with Gasteiger partial charge in [-0.05, 0) is 76.8 Å². The van der Waals surface area contributed by atoms with Crippen molar-refractivity contribution in [1.82, 2.24) is 4.98 Å². The van der Waals surface area contributed by atoms with Gasteiger partial charge in [-0.15, -0.1) is 0 Å². The van der Waals surface area contributed by atoms with Crippen LogP contribution in [0, 0.1) is 0 Å². The first kappa shape index (κ1) is 22.8. The maximum absolute atomic E-state index is 12.5. The third kappa shape index (κ3) is 4.86. The van der Waals surface area contributed by atoms with Crippen LogP contribution in [-0.4, -0.2) is 26.7 Å². The molecule has 0 radical (unpaired) electrons. The zero-order valence-electron chi connectivity index (χ0n) is 19.1. The van der Waals surface area contributed by atoms with Gasteiger partial charge in [-0.2, -0.15) is 0 Å². The average Bonchev–Trinajstić information content (AvgIpc) is 3.25. The van der Waals surface area contributed by atoms with E-state index >= 15 is 0 Å². The molecule has 5 nitrogen and oxygen atoms in total. The lowest BCUT2D eigenvalue weighted by atomic mass is 9.84. The largest absolute Gasteiger partial charge is 0.440 e. The monoisotopic (exact) mass is 460 g/mol. The van der Waals surface area contributed by atoms with E-state index in [1.807, 2.05) is 67.6 Å². The van der Waals surface area contributed by atoms with Gasteiger partial charge in [0.1, 0.15) is 5.52 Å². The van der Waals surface area contributed by atoms with Crippen LogP contribution in [0.5, 0.6) is 0 Å². The van der Waals surface area contributed by atoms with Crippen molar-refractivity contribution in [3.8, 4) is 0 Å². The molecule has 0 spiro atoms. The molecule has 33 heavy (non-hydrogen) atoms. The summed E-state index contributed by atoms with van der Waals surface area (Å²) in [4.78, 5) is 17.9. The van der Waals surface area contributed by atoms with Gasteiger partial charge in [-0.1, -0.05) is 43.3 Å². The van der Waals surface area contributed by atoms with Gasteiger partial charge in [0.25, 0.3) is 0 Å². The van der Waals surface area contributed by atoms with Crippen molar-refractivity contribution >= 4 is 38.1 Å². The summed E-state index contributed by atoms with van der Waals surface area (Å²) in [7, 11) is -2.25. The molecule has 1 atom stereocenters. The second-order valence-corrected chi connectivity index (χ2v) is 11.3. The SMILES string of the molecule is C=S(=O)(CC)c1ccc(CC(=O)Nc2ccc(C(C)(C)c3nc4ccccc4o3)cc2)cc1. The summed E-state index contributed by atoms with van der Waals surface area (Å²) < 4.78 is 18.3. The molecular weight excluding hydrogens is 432 g/mol. The van der Waals surface area contributed by atoms with Crippen LogP contribution in [0.4, 0.5) is 5.69 Å². The highest BCUT2D eigenvalue weighted by Crippen LogP contribution is 2.33. The quantitative estimate of drug-likeness (QED) is 0.373. The number of fused-ring (bicyclic) bond motifs is 1. The first-order valence-electron chi connectivity index (χ1n) is 10.9. The van der Waals surface area contributed by atoms with Crippen molar-refractivity contribution in [2.45, 2.75) is 37.5 Å². The maximum Gasteiger partial charge on any atom is 0.228 e. The zero-order valence-corrected chi connectivity index (χ0v) is 19.9. The number of para-hydroxylation sites is 2. The number of amides is 1. The first-order valence-corrected chi connectivity index (χ1v) is 12.8. The molecule has 1 unspecified atom stereocenters. The number of hydrogen-bond donors (Lipinski definition) is 1. The van der Waals surface area contributed by atoms with Crippen molar-refractivity contribution in [2.24, 2.45) is 0 Å². The van der Waals surface area contributed by atoms with Crippen LogP contribution >= 0.6 is 0 Å². The van der Waals surface area contributed by atoms with Crippen LogP contribution in [0.1, 0.15) is 37.8 Å². The highest BCUT2D eigenvalue weighted by molar-refractivity contribution is 8.00. The molecule has 4 aromatic rings. The van der Waals surface area contributed by atoms with Crippen molar-refractivity contribution in [3.63, 3.8) is 0 Å². The van der Waals surface area contributed by atoms with E-state index in [4.69, 9.17) is 4.42 Å². The Morgan fingerprint density at radius 3 is 2.33 bits per heavy atom. The lowest BCUT2D eigenvalue weighted by molar-refractivity contribution is -0.115. The number of carbonyl (C=O) groups excluding carboxylic acids is 1. The molecule has 0 aliphatic carbocycles. The zero-order chi connectivity index (χ0) is 23.6. The maximum atomic E-state index is 12.5. The minimum absolute atomic E-state index is 0.112. The van der Waals surface area contributed by atoms with E-state index in [0.29, 0.717) is 16.5 Å². The van der Waals surface area contributed by atoms with Crippen molar-refractivity contribution in [1.29, 1.82) is 0 Å². The fraction of sp³-hybridized carbons (Fsp3) is 0.222. The van der Waals surface area contributed by atoms with E-state index < -0.39 is 14.9 Å². The molecule has 0 saturated heterocycles. The molecule has 0 aliphatic heterocycles. The summed E-state index contributed by atoms with van der Waals surface area (Å²) >= 11 is 0. The second kappa shape index (κ2) is 8.87. The van der Waals surface area contributed by atoms with E-state index in [0.717, 1.165) is 27.9 Å². The topological polar surface area (TPSA) is 72.2 Å². The van der Waals surface area contributed by atoms with E-state index in [2.05, 4.69) is 30.0 Å². The van der Waals surface area contributed by atoms with Gasteiger partial charge in [-0.3, -0.25) is 9.00 Å². The van der Waals surface area contributed by atoms with Crippen molar-refractivity contribution < 1.29 is 13.4 Å². The smallest absolute Gasteiger partial charge is 0.228 e. The Kier molecular flexibility index (Phi) is 6.13. The van der Waals surface area contributed by atoms with Gasteiger partial charge >= 0.3 is 0 Å². The highest BCUT2D eigenvalue weighted by Gasteiger charge is 2.29. The van der Waals surface area contributed by atoms with E-state index in [-0.39, 0.29) is 12.3 Å². The summed E-state index contributed by atoms with van der Waals surface area (Å²) in [5.74, 6) is 4.83. The number of carbonyl (C=O) groups is 1. The van der Waals surface area contributed by atoms with Crippen molar-refractivity contribution in [3.05, 3.63) is 89.8 Å². The van der Waals surface area contributed by atoms with Crippen LogP contribution in [0.25, 0.3) is 11.1 Å². The standard InChI is InChI=1S/C27H28N2O3S/c1-5-33(4,31)22-16-10-19(11-17-22)18-25(30)28-21-14-12-20(13-15-21)27(2,3)26-29-23-8-6-7-9-24(23)32-26/h6-17H,4-5,18H2,1-3H3,(H,28,30). The van der Waals surface area contributed by atoms with Crippen LogP contribution in [0.2, 0.25) is 0 Å². The van der Waals surface area contributed by atoms with Crippen molar-refractivity contribution in [2.75, 3.05) is 11.1 Å². The highest BCUT2D eigenvalue weighted by atomic mass is 32.2. The minimum Gasteiger partial charge on any atom is -0.440 e. The fourth-order valence-corrected chi connectivity index (χ4v) is 4.61. The number of hydrogen-bond acceptors (Lipinski definition) is 4. The molecule has 4 rings (SSSR count). The number of nitrogens with one attached hydrogen (secondary N) is 1. The molecule has 1 heterocycles. The van der Waals surface area contributed by atoms with Gasteiger partial charge < -0.3 is 9.73 Å². The van der Waals surface area contributed by atoms with Crippen LogP contribution < -0.4 is 5.32 Å². The third-order valence-electron chi connectivity index (χ3n) is 5.90. The number of benzene rings is 3. The number of nitrogens with zero attached hydrogens (tertiary/aromatic N) is 1. The van der Waals surface area contributed by atoms with Gasteiger partial charge in [0.15, 0.2) is 5.58 Å². The van der Waals surface area contributed by atoms with Gasteiger partial charge in [0.05, 0.1) is 11.8 Å². The van der Waals surface area contributed by atoms with Gasteiger partial charge in [-0.25, -0.2) is 4.98 Å². The van der Waals surface area contributed by atoms with Crippen LogP contribution in [0.15, 0.2) is 82.1 Å². The molecule has 0 fully saturated rings. The second-order valence-electron chi connectivity index (χ2n) is 8.66. The molecule has 1 amide bonds. The summed E-state index contributed by atoms with van der Waals surface area (Å²) in [6, 6.07) is 22.7. The number of rotatable bonds is 7. The number of aromatic nitrogens is 1. The predicted octanol–water partition coefficient (Wildman–Crippen LogP) is 5.43. The Morgan fingerprint density at radius 2 is 1.70 bits per heavy atom. The van der Waals surface area contributed by atoms with Gasteiger partial charge in [0.2, 0.25) is 11.8 Å². The molecule has 6 heteroatoms. The van der Waals surface area contributed by atoms with E-state index in [1.165, 1.54) is 0 Å². The molecule has 170 valence electrons. The summed E-state index contributed by atoms with van der Waals surface area (Å²) in [6.07, 6.45) is 0.237. The third-order valence-corrected chi connectivity index (χ3v) is 7.97. The molecule has 0 saturated carbocycles. The van der Waals surface area contributed by atoms with Gasteiger partial charge in [0, 0.05) is 16.3 Å². The Hall–Kier alpha value is -3.38. The van der Waals surface area contributed by atoms with E-state index in [9.17, 15) is 9.00 Å². The molecule has 0 bridgehead atoms. The molecule has 3 aromatic carbocycles. The van der Waals surface area contributed by atoms with Crippen LogP contribution in [-0.2, 0) is 26.2 Å². The first-order chi connectivity index (χ1) is 15.7. The molecule has 0 aliphatic rings. The summed E-state index contributed by atoms with van der Waals surface area (Å²) in [5, 5.41) is 2.94. The normalized spacial score (nSPS) is 13.5. The Morgan fingerprint density at radius 1 is 1.03 bits per heavy atom. The Labute approximate surface area is 194 Å². The van der Waals surface area contributed by atoms with Crippen LogP contribution in [0.3, 0.4) is 0 Å². The summed E-state index contributed by atoms with van der Waals surface area (Å²) in [6.45, 7) is 5.99. The lowest BCUT2D eigenvalue weighted by Gasteiger charge is -2.21. The molecule has 1 N–H and O–H groups in total. The molecular formula is C27H28N2O3S. The Balaban J connectivity index is 1.43. The summed E-state index contributed by atoms with van der Waals surface area (Å²) in [5.41, 5.74) is 3.80. The minimum atomic E-state index is -2.25. The average molecular weight is 461 g/mol. The predicted molar refractivity (Wildman–Crippen MR) is 135 cm³/mol. The lowest BCUT2D eigenvalue weighted by Crippen LogP contribution is -2.19. The number of anilines is 1. The number of oxazole rings is 1. The van der Waals surface area contributed by atoms with E-state index in [1.54, 1.807) is 12.1 Å².